The molecule has 2 heterocycles. The minimum absolute atomic E-state index is 0.00819. The van der Waals surface area contributed by atoms with Crippen molar-refractivity contribution in [3.63, 3.8) is 0 Å². The first kappa shape index (κ1) is 21.5. The number of halogens is 1. The van der Waals surface area contributed by atoms with Crippen LogP contribution < -0.4 is 5.32 Å². The summed E-state index contributed by atoms with van der Waals surface area (Å²) in [6.07, 6.45) is -0.522. The van der Waals surface area contributed by atoms with Crippen LogP contribution in [0.4, 0.5) is 0 Å². The van der Waals surface area contributed by atoms with Gasteiger partial charge in [-0.1, -0.05) is 17.7 Å². The Morgan fingerprint density at radius 2 is 2.14 bits per heavy atom. The first-order valence-corrected chi connectivity index (χ1v) is 11.0. The highest BCUT2D eigenvalue weighted by Crippen LogP contribution is 2.32. The van der Waals surface area contributed by atoms with Gasteiger partial charge in [0.05, 0.1) is 48.9 Å². The number of β-amino-alcohol motifs (C(OH)–C–C–N with tert-alkyl or cyclic N) is 1. The summed E-state index contributed by atoms with van der Waals surface area (Å²) < 4.78 is 39.4. The monoisotopic (exact) mass is 432 g/mol. The van der Waals surface area contributed by atoms with E-state index in [1.165, 1.54) is 16.4 Å². The van der Waals surface area contributed by atoms with Crippen molar-refractivity contribution in [2.75, 3.05) is 26.8 Å². The van der Waals surface area contributed by atoms with Gasteiger partial charge in [-0.25, -0.2) is 8.42 Å². The second-order valence-corrected chi connectivity index (χ2v) is 9.37. The Labute approximate surface area is 169 Å². The molecule has 10 heteroatoms. The summed E-state index contributed by atoms with van der Waals surface area (Å²) in [5, 5.41) is 13.1. The van der Waals surface area contributed by atoms with Gasteiger partial charge >= 0.3 is 0 Å². The summed E-state index contributed by atoms with van der Waals surface area (Å²) in [6.45, 7) is 0.0568. The Bertz CT molecular complexity index is 805. The summed E-state index contributed by atoms with van der Waals surface area (Å²) in [6, 6.07) is 5.56. The number of sulfonamides is 1. The maximum atomic E-state index is 13.3. The molecule has 4 atom stereocenters. The van der Waals surface area contributed by atoms with Crippen molar-refractivity contribution in [1.82, 2.24) is 9.62 Å². The van der Waals surface area contributed by atoms with Crippen molar-refractivity contribution < 1.29 is 27.8 Å². The van der Waals surface area contributed by atoms with E-state index in [0.29, 0.717) is 17.9 Å². The minimum atomic E-state index is -3.90. The van der Waals surface area contributed by atoms with Crippen molar-refractivity contribution in [3.05, 3.63) is 29.3 Å². The van der Waals surface area contributed by atoms with E-state index < -0.39 is 28.3 Å². The lowest BCUT2D eigenvalue weighted by Crippen LogP contribution is -2.57. The number of hydrogen-bond donors (Lipinski definition) is 2. The molecule has 28 heavy (non-hydrogen) atoms. The molecular weight excluding hydrogens is 408 g/mol. The highest BCUT2D eigenvalue weighted by Gasteiger charge is 2.43. The number of carbonyl (C=O) groups excluding carboxylic acids is 1. The van der Waals surface area contributed by atoms with Crippen LogP contribution in [-0.2, 0) is 24.3 Å². The number of nitrogens with one attached hydrogen (secondary N) is 1. The molecule has 2 N–H and O–H groups in total. The number of aliphatic hydroxyl groups is 1. The van der Waals surface area contributed by atoms with Crippen LogP contribution in [0.15, 0.2) is 29.2 Å². The van der Waals surface area contributed by atoms with Crippen LogP contribution >= 0.6 is 11.6 Å². The van der Waals surface area contributed by atoms with Gasteiger partial charge < -0.3 is 19.9 Å². The van der Waals surface area contributed by atoms with E-state index >= 15 is 0 Å². The smallest absolute Gasteiger partial charge is 0.243 e. The largest absolute Gasteiger partial charge is 0.389 e. The summed E-state index contributed by atoms with van der Waals surface area (Å²) in [7, 11) is -2.34. The van der Waals surface area contributed by atoms with E-state index in [-0.39, 0.29) is 43.1 Å². The molecule has 0 unspecified atom stereocenters. The van der Waals surface area contributed by atoms with Crippen LogP contribution in [-0.4, -0.2) is 74.9 Å². The van der Waals surface area contributed by atoms with Gasteiger partial charge in [0.15, 0.2) is 0 Å². The molecule has 1 aromatic rings. The molecule has 2 saturated heterocycles. The summed E-state index contributed by atoms with van der Waals surface area (Å²) in [5.41, 5.74) is 0. The molecule has 3 rings (SSSR count). The third-order valence-electron chi connectivity index (χ3n) is 5.03. The lowest BCUT2D eigenvalue weighted by Gasteiger charge is -2.43. The molecule has 0 aromatic heterocycles. The second-order valence-electron chi connectivity index (χ2n) is 7.04. The van der Waals surface area contributed by atoms with Gasteiger partial charge in [0.1, 0.15) is 0 Å². The maximum absolute atomic E-state index is 13.3. The second kappa shape index (κ2) is 9.06. The van der Waals surface area contributed by atoms with Gasteiger partial charge in [-0.2, -0.15) is 4.31 Å². The number of benzene rings is 1. The van der Waals surface area contributed by atoms with Crippen LogP contribution in [0.3, 0.4) is 0 Å². The van der Waals surface area contributed by atoms with Gasteiger partial charge in [-0.3, -0.25) is 4.79 Å². The zero-order valence-corrected chi connectivity index (χ0v) is 17.2. The number of fused-ring (bicyclic) bond motifs is 1. The van der Waals surface area contributed by atoms with Crippen LogP contribution in [0.25, 0.3) is 0 Å². The Morgan fingerprint density at radius 3 is 2.86 bits per heavy atom. The SMILES string of the molecule is CNC(=O)C[C@@H]1CC[C@@H]2[C@H](COC[C@H](O)CN2S(=O)(=O)c2cccc(Cl)c2)O1. The molecule has 0 bridgehead atoms. The van der Waals surface area contributed by atoms with Crippen LogP contribution in [0.5, 0.6) is 0 Å². The fourth-order valence-electron chi connectivity index (χ4n) is 3.64. The fraction of sp³-hybridized carbons (Fsp3) is 0.611. The van der Waals surface area contributed by atoms with E-state index in [1.54, 1.807) is 19.2 Å². The molecular formula is C18H25ClN2O6S. The first-order valence-electron chi connectivity index (χ1n) is 9.20. The van der Waals surface area contributed by atoms with Crippen molar-refractivity contribution >= 4 is 27.5 Å². The Balaban J connectivity index is 1.87. The van der Waals surface area contributed by atoms with E-state index in [4.69, 9.17) is 21.1 Å². The topological polar surface area (TPSA) is 105 Å². The summed E-state index contributed by atoms with van der Waals surface area (Å²) in [5.74, 6) is -0.131. The third kappa shape index (κ3) is 4.84. The van der Waals surface area contributed by atoms with E-state index in [0.717, 1.165) is 0 Å². The van der Waals surface area contributed by atoms with Crippen LogP contribution in [0, 0.1) is 0 Å². The number of aliphatic hydroxyl groups excluding tert-OH is 1. The van der Waals surface area contributed by atoms with E-state index in [2.05, 4.69) is 5.32 Å². The molecule has 0 spiro atoms. The minimum Gasteiger partial charge on any atom is -0.389 e. The Morgan fingerprint density at radius 1 is 1.36 bits per heavy atom. The predicted octanol–water partition coefficient (Wildman–Crippen LogP) is 0.774. The zero-order valence-electron chi connectivity index (χ0n) is 15.6. The molecule has 1 amide bonds. The Kier molecular flexibility index (Phi) is 6.95. The number of amides is 1. The normalized spacial score (nSPS) is 29.4. The number of nitrogens with zero attached hydrogens (tertiary/aromatic N) is 1. The molecule has 2 fully saturated rings. The molecule has 156 valence electrons. The number of rotatable bonds is 4. The molecule has 0 saturated carbocycles. The Hall–Kier alpha value is -1.23. The average molecular weight is 433 g/mol. The molecule has 2 aliphatic rings. The quantitative estimate of drug-likeness (QED) is 0.728. The molecule has 2 aliphatic heterocycles. The van der Waals surface area contributed by atoms with Crippen molar-refractivity contribution in [1.29, 1.82) is 0 Å². The van der Waals surface area contributed by atoms with Crippen molar-refractivity contribution in [2.45, 2.75) is 48.5 Å². The summed E-state index contributed by atoms with van der Waals surface area (Å²) in [4.78, 5) is 11.7. The fourth-order valence-corrected chi connectivity index (χ4v) is 5.66. The molecule has 0 radical (unpaired) electrons. The van der Waals surface area contributed by atoms with Gasteiger partial charge in [0.2, 0.25) is 15.9 Å². The molecule has 0 aliphatic carbocycles. The van der Waals surface area contributed by atoms with Crippen molar-refractivity contribution in [2.24, 2.45) is 0 Å². The van der Waals surface area contributed by atoms with Gasteiger partial charge in [-0.05, 0) is 31.0 Å². The number of hydrogen-bond acceptors (Lipinski definition) is 6. The molecule has 1 aromatic carbocycles. The van der Waals surface area contributed by atoms with Gasteiger partial charge in [0, 0.05) is 18.6 Å². The van der Waals surface area contributed by atoms with Gasteiger partial charge in [-0.15, -0.1) is 0 Å². The van der Waals surface area contributed by atoms with Gasteiger partial charge in [0.25, 0.3) is 0 Å². The zero-order chi connectivity index (χ0) is 20.3. The van der Waals surface area contributed by atoms with E-state index in [1.807, 2.05) is 0 Å². The van der Waals surface area contributed by atoms with E-state index in [9.17, 15) is 18.3 Å². The first-order chi connectivity index (χ1) is 13.3. The lowest BCUT2D eigenvalue weighted by molar-refractivity contribution is -0.146. The highest BCUT2D eigenvalue weighted by atomic mass is 35.5. The maximum Gasteiger partial charge on any atom is 0.243 e. The lowest BCUT2D eigenvalue weighted by atomic mass is 9.96. The highest BCUT2D eigenvalue weighted by molar-refractivity contribution is 7.89. The number of carbonyl (C=O) groups is 1. The molecule has 8 nitrogen and oxygen atoms in total. The predicted molar refractivity (Wildman–Crippen MR) is 103 cm³/mol. The van der Waals surface area contributed by atoms with Crippen LogP contribution in [0.1, 0.15) is 19.3 Å². The average Bonchev–Trinajstić information content (AvgIpc) is 2.65. The standard InChI is InChI=1S/C18H25ClN2O6S/c1-20-18(23)8-14-5-6-16-17(27-14)11-26-10-13(22)9-21(16)28(24,25)15-4-2-3-12(19)7-15/h2-4,7,13-14,16-17,22H,5-6,8-11H2,1H3,(H,20,23)/t13-,14+,16-,17+/m1/s1. The van der Waals surface area contributed by atoms with Crippen LogP contribution in [0.2, 0.25) is 5.02 Å². The van der Waals surface area contributed by atoms with Crippen molar-refractivity contribution in [3.8, 4) is 0 Å². The summed E-state index contributed by atoms with van der Waals surface area (Å²) >= 11 is 5.98. The third-order valence-corrected chi connectivity index (χ3v) is 7.15. The number of ether oxygens (including phenoxy) is 2.